The summed E-state index contributed by atoms with van der Waals surface area (Å²) < 4.78 is 1.88. The van der Waals surface area contributed by atoms with Crippen molar-refractivity contribution >= 4 is 0 Å². The number of nitrogens with two attached hydrogens (primary N) is 1. The van der Waals surface area contributed by atoms with Crippen LogP contribution in [0.4, 0.5) is 0 Å². The molecule has 0 aliphatic carbocycles. The van der Waals surface area contributed by atoms with Crippen LogP contribution in [-0.4, -0.2) is 26.7 Å². The second kappa shape index (κ2) is 5.23. The average molecular weight is 212 g/mol. The summed E-state index contributed by atoms with van der Waals surface area (Å²) in [7, 11) is 0. The van der Waals surface area contributed by atoms with Crippen LogP contribution in [0.1, 0.15) is 50.5 Å². The molecule has 5 nitrogen and oxygen atoms in total. The Morgan fingerprint density at radius 3 is 2.53 bits per heavy atom. The minimum atomic E-state index is 0.163. The fourth-order valence-corrected chi connectivity index (χ4v) is 1.71. The Balaban J connectivity index is 3.01. The maximum atomic E-state index is 8.91. The van der Waals surface area contributed by atoms with Crippen molar-refractivity contribution in [1.82, 2.24) is 15.0 Å². The molecular formula is C10H20N4O. The normalized spacial score (nSPS) is 13.5. The van der Waals surface area contributed by atoms with Crippen LogP contribution in [0.2, 0.25) is 0 Å². The number of aliphatic hydroxyl groups excluding tert-OH is 1. The third-order valence-electron chi connectivity index (χ3n) is 2.51. The fraction of sp³-hybridized carbons (Fsp3) is 0.800. The van der Waals surface area contributed by atoms with Crippen molar-refractivity contribution in [1.29, 1.82) is 0 Å². The Morgan fingerprint density at radius 1 is 1.40 bits per heavy atom. The number of hydrogen-bond donors (Lipinski definition) is 2. The molecule has 0 saturated carbocycles. The topological polar surface area (TPSA) is 77.0 Å². The quantitative estimate of drug-likeness (QED) is 0.757. The minimum Gasteiger partial charge on any atom is -0.396 e. The molecule has 15 heavy (non-hydrogen) atoms. The number of aliphatic hydroxyl groups is 1. The van der Waals surface area contributed by atoms with E-state index < -0.39 is 0 Å². The second-order valence-corrected chi connectivity index (χ2v) is 4.09. The van der Waals surface area contributed by atoms with Gasteiger partial charge in [0.25, 0.3) is 0 Å². The molecule has 0 fully saturated rings. The van der Waals surface area contributed by atoms with Crippen LogP contribution in [0.3, 0.4) is 0 Å². The molecule has 1 rings (SSSR count). The first kappa shape index (κ1) is 12.1. The van der Waals surface area contributed by atoms with Crippen LogP contribution in [0.25, 0.3) is 0 Å². The van der Waals surface area contributed by atoms with Gasteiger partial charge in [-0.3, -0.25) is 0 Å². The third-order valence-corrected chi connectivity index (χ3v) is 2.51. The van der Waals surface area contributed by atoms with Crippen molar-refractivity contribution < 1.29 is 5.11 Å². The Hall–Kier alpha value is -0.940. The zero-order valence-electron chi connectivity index (χ0n) is 9.64. The number of rotatable bonds is 5. The van der Waals surface area contributed by atoms with Gasteiger partial charge in [-0.2, -0.15) is 0 Å². The number of hydrogen-bond acceptors (Lipinski definition) is 4. The first-order valence-electron chi connectivity index (χ1n) is 5.36. The van der Waals surface area contributed by atoms with Gasteiger partial charge >= 0.3 is 0 Å². The molecule has 0 bridgehead atoms. The molecule has 1 atom stereocenters. The highest BCUT2D eigenvalue weighted by Gasteiger charge is 2.18. The molecule has 1 unspecified atom stereocenters. The molecule has 0 spiro atoms. The Bertz CT molecular complexity index is 308. The largest absolute Gasteiger partial charge is 0.396 e. The first-order chi connectivity index (χ1) is 7.11. The molecule has 86 valence electrons. The molecule has 5 heteroatoms. The van der Waals surface area contributed by atoms with Crippen LogP contribution in [0.15, 0.2) is 0 Å². The van der Waals surface area contributed by atoms with Gasteiger partial charge in [0.15, 0.2) is 0 Å². The van der Waals surface area contributed by atoms with Gasteiger partial charge in [0.1, 0.15) is 0 Å². The van der Waals surface area contributed by atoms with E-state index >= 15 is 0 Å². The highest BCUT2D eigenvalue weighted by Crippen LogP contribution is 2.21. The molecule has 0 aliphatic heterocycles. The second-order valence-electron chi connectivity index (χ2n) is 4.09. The average Bonchev–Trinajstić information content (AvgIpc) is 2.61. The van der Waals surface area contributed by atoms with Crippen LogP contribution in [0, 0.1) is 0 Å². The molecule has 0 aliphatic rings. The SMILES string of the molecule is CC(C)c1c(CN)nnn1C(C)CCO. The molecule has 0 amide bonds. The smallest absolute Gasteiger partial charge is 0.0997 e. The van der Waals surface area contributed by atoms with Gasteiger partial charge in [0.2, 0.25) is 0 Å². The summed E-state index contributed by atoms with van der Waals surface area (Å²) in [4.78, 5) is 0. The number of aromatic nitrogens is 3. The zero-order valence-corrected chi connectivity index (χ0v) is 9.64. The van der Waals surface area contributed by atoms with E-state index in [0.717, 1.165) is 11.4 Å². The molecule has 3 N–H and O–H groups in total. The van der Waals surface area contributed by atoms with E-state index in [-0.39, 0.29) is 12.6 Å². The van der Waals surface area contributed by atoms with E-state index in [4.69, 9.17) is 10.8 Å². The van der Waals surface area contributed by atoms with Gasteiger partial charge in [-0.25, -0.2) is 4.68 Å². The van der Waals surface area contributed by atoms with E-state index in [0.29, 0.717) is 18.9 Å². The highest BCUT2D eigenvalue weighted by molar-refractivity contribution is 5.14. The van der Waals surface area contributed by atoms with Gasteiger partial charge in [-0.05, 0) is 19.3 Å². The van der Waals surface area contributed by atoms with E-state index in [2.05, 4.69) is 24.2 Å². The summed E-state index contributed by atoms with van der Waals surface area (Å²) >= 11 is 0. The van der Waals surface area contributed by atoms with E-state index in [1.54, 1.807) is 0 Å². The predicted octanol–water partition coefficient (Wildman–Crippen LogP) is 0.804. The summed E-state index contributed by atoms with van der Waals surface area (Å²) in [5.41, 5.74) is 7.55. The van der Waals surface area contributed by atoms with Gasteiger partial charge in [0, 0.05) is 13.2 Å². The summed E-state index contributed by atoms with van der Waals surface area (Å²) in [6.07, 6.45) is 0.688. The molecule has 0 aromatic carbocycles. The first-order valence-corrected chi connectivity index (χ1v) is 5.36. The van der Waals surface area contributed by atoms with Gasteiger partial charge in [0.05, 0.1) is 17.4 Å². The van der Waals surface area contributed by atoms with E-state index in [9.17, 15) is 0 Å². The van der Waals surface area contributed by atoms with Gasteiger partial charge in [-0.1, -0.05) is 19.1 Å². The molecule has 1 heterocycles. The van der Waals surface area contributed by atoms with Crippen LogP contribution >= 0.6 is 0 Å². The molecule has 1 aromatic heterocycles. The van der Waals surface area contributed by atoms with Crippen LogP contribution < -0.4 is 5.73 Å². The van der Waals surface area contributed by atoms with Crippen molar-refractivity contribution in [2.45, 2.75) is 45.7 Å². The van der Waals surface area contributed by atoms with E-state index in [1.165, 1.54) is 0 Å². The van der Waals surface area contributed by atoms with Crippen molar-refractivity contribution in [3.8, 4) is 0 Å². The molecular weight excluding hydrogens is 192 g/mol. The Kier molecular flexibility index (Phi) is 4.23. The molecule has 0 radical (unpaired) electrons. The monoisotopic (exact) mass is 212 g/mol. The van der Waals surface area contributed by atoms with Crippen molar-refractivity contribution in [3.63, 3.8) is 0 Å². The third kappa shape index (κ3) is 2.54. The van der Waals surface area contributed by atoms with Crippen LogP contribution in [-0.2, 0) is 6.54 Å². The maximum absolute atomic E-state index is 8.91. The van der Waals surface area contributed by atoms with Gasteiger partial charge < -0.3 is 10.8 Å². The van der Waals surface area contributed by atoms with E-state index in [1.807, 2.05) is 11.6 Å². The summed E-state index contributed by atoms with van der Waals surface area (Å²) in [5, 5.41) is 17.1. The molecule has 0 saturated heterocycles. The van der Waals surface area contributed by atoms with Gasteiger partial charge in [-0.15, -0.1) is 5.10 Å². The van der Waals surface area contributed by atoms with Crippen molar-refractivity contribution in [2.75, 3.05) is 6.61 Å². The summed E-state index contributed by atoms with van der Waals surface area (Å²) in [6, 6.07) is 0.167. The lowest BCUT2D eigenvalue weighted by Crippen LogP contribution is -2.14. The molecule has 1 aromatic rings. The van der Waals surface area contributed by atoms with Crippen molar-refractivity contribution in [2.24, 2.45) is 5.73 Å². The Morgan fingerprint density at radius 2 is 2.07 bits per heavy atom. The summed E-state index contributed by atoms with van der Waals surface area (Å²) in [5.74, 6) is 0.347. The van der Waals surface area contributed by atoms with Crippen LogP contribution in [0.5, 0.6) is 0 Å². The Labute approximate surface area is 90.3 Å². The van der Waals surface area contributed by atoms with Crippen molar-refractivity contribution in [3.05, 3.63) is 11.4 Å². The zero-order chi connectivity index (χ0) is 11.4. The lowest BCUT2D eigenvalue weighted by atomic mass is 10.1. The fourth-order valence-electron chi connectivity index (χ4n) is 1.71. The minimum absolute atomic E-state index is 0.163. The number of nitrogens with zero attached hydrogens (tertiary/aromatic N) is 3. The highest BCUT2D eigenvalue weighted by atomic mass is 16.3. The lowest BCUT2D eigenvalue weighted by Gasteiger charge is -2.16. The summed E-state index contributed by atoms with van der Waals surface area (Å²) in [6.45, 7) is 6.80. The standard InChI is InChI=1S/C10H20N4O/c1-7(2)10-9(6-11)12-13-14(10)8(3)4-5-15/h7-8,15H,4-6,11H2,1-3H3. The maximum Gasteiger partial charge on any atom is 0.0997 e. The lowest BCUT2D eigenvalue weighted by molar-refractivity contribution is 0.254. The predicted molar refractivity (Wildman–Crippen MR) is 58.4 cm³/mol.